The van der Waals surface area contributed by atoms with Gasteiger partial charge in [0.25, 0.3) is 0 Å². The number of carbonyl (C=O) groups is 3. The average molecular weight is 378 g/mol. The molecule has 0 aliphatic rings. The van der Waals surface area contributed by atoms with Crippen LogP contribution in [0.2, 0.25) is 0 Å². The van der Waals surface area contributed by atoms with Gasteiger partial charge in [-0.3, -0.25) is 9.59 Å². The summed E-state index contributed by atoms with van der Waals surface area (Å²) in [5.74, 6) is -5.02. The first-order valence-corrected chi connectivity index (χ1v) is 7.93. The van der Waals surface area contributed by atoms with Gasteiger partial charge in [0.05, 0.1) is 12.8 Å². The fourth-order valence-corrected chi connectivity index (χ4v) is 2.41. The number of hydrogen-bond donors (Lipinski definition) is 6. The van der Waals surface area contributed by atoms with Gasteiger partial charge in [-0.1, -0.05) is 42.5 Å². The van der Waals surface area contributed by atoms with E-state index in [-0.39, 0.29) is 6.04 Å². The van der Waals surface area contributed by atoms with E-state index in [9.17, 15) is 14.4 Å². The largest absolute Gasteiger partial charge is 0.481 e. The van der Waals surface area contributed by atoms with Gasteiger partial charge in [-0.15, -0.1) is 0 Å². The Hall–Kier alpha value is -3.01. The molecule has 0 heterocycles. The molecule has 9 heteroatoms. The molecule has 0 spiro atoms. The van der Waals surface area contributed by atoms with Gasteiger partial charge in [-0.05, 0) is 16.3 Å². The number of aliphatic carboxylic acids is 3. The Kier molecular flexibility index (Phi) is 7.85. The Morgan fingerprint density at radius 1 is 0.926 bits per heavy atom. The normalized spacial score (nSPS) is 12.0. The highest BCUT2D eigenvalue weighted by atomic mass is 16.4. The minimum atomic E-state index is -2.74. The average Bonchev–Trinajstić information content (AvgIpc) is 2.59. The van der Waals surface area contributed by atoms with E-state index in [0.29, 0.717) is 6.54 Å². The van der Waals surface area contributed by atoms with Crippen LogP contribution < -0.4 is 11.5 Å². The van der Waals surface area contributed by atoms with Crippen molar-refractivity contribution >= 4 is 28.7 Å². The van der Waals surface area contributed by atoms with Gasteiger partial charge in [0.1, 0.15) is 0 Å². The van der Waals surface area contributed by atoms with Crippen LogP contribution in [0.5, 0.6) is 0 Å². The molecule has 0 aliphatic heterocycles. The quantitative estimate of drug-likeness (QED) is 0.400. The zero-order valence-corrected chi connectivity index (χ0v) is 14.4. The number of rotatable bonds is 7. The van der Waals surface area contributed by atoms with Crippen molar-refractivity contribution in [3.8, 4) is 0 Å². The van der Waals surface area contributed by atoms with Gasteiger partial charge in [0.15, 0.2) is 5.60 Å². The SMILES string of the molecule is NCC(N)c1cccc2ccccc12.O=C(O)CC(O)(CC(=O)O)C(=O)O. The van der Waals surface area contributed by atoms with E-state index >= 15 is 0 Å². The third-order valence-electron chi connectivity index (χ3n) is 3.76. The lowest BCUT2D eigenvalue weighted by molar-refractivity contribution is -0.170. The van der Waals surface area contributed by atoms with E-state index in [4.69, 9.17) is 31.9 Å². The Morgan fingerprint density at radius 3 is 1.93 bits per heavy atom. The fraction of sp³-hybridized carbons (Fsp3) is 0.278. The molecule has 0 radical (unpaired) electrons. The highest BCUT2D eigenvalue weighted by Crippen LogP contribution is 2.22. The van der Waals surface area contributed by atoms with E-state index in [0.717, 1.165) is 5.56 Å². The van der Waals surface area contributed by atoms with Crippen molar-refractivity contribution in [3.05, 3.63) is 48.0 Å². The van der Waals surface area contributed by atoms with Crippen molar-refractivity contribution in [1.82, 2.24) is 0 Å². The lowest BCUT2D eigenvalue weighted by atomic mass is 9.96. The van der Waals surface area contributed by atoms with Crippen LogP contribution in [-0.2, 0) is 14.4 Å². The molecule has 27 heavy (non-hydrogen) atoms. The number of hydrogen-bond acceptors (Lipinski definition) is 6. The molecule has 0 saturated carbocycles. The molecule has 0 aliphatic carbocycles. The summed E-state index contributed by atoms with van der Waals surface area (Å²) < 4.78 is 0. The predicted octanol–water partition coefficient (Wildman–Crippen LogP) is 0.550. The maximum atomic E-state index is 10.3. The van der Waals surface area contributed by atoms with Crippen LogP contribution in [0.1, 0.15) is 24.4 Å². The summed E-state index contributed by atoms with van der Waals surface area (Å²) in [4.78, 5) is 30.5. The molecule has 2 rings (SSSR count). The Labute approximate surface area is 154 Å². The van der Waals surface area contributed by atoms with Crippen LogP contribution in [0, 0.1) is 0 Å². The van der Waals surface area contributed by atoms with Crippen LogP contribution in [0.4, 0.5) is 0 Å². The lowest BCUT2D eigenvalue weighted by Crippen LogP contribution is -2.42. The third-order valence-corrected chi connectivity index (χ3v) is 3.76. The molecule has 1 atom stereocenters. The van der Waals surface area contributed by atoms with Crippen molar-refractivity contribution in [2.75, 3.05) is 6.54 Å². The molecule has 2 aromatic rings. The molecule has 146 valence electrons. The highest BCUT2D eigenvalue weighted by Gasteiger charge is 2.40. The topological polar surface area (TPSA) is 184 Å². The Balaban J connectivity index is 0.000000271. The second-order valence-corrected chi connectivity index (χ2v) is 5.89. The molecular weight excluding hydrogens is 356 g/mol. The van der Waals surface area contributed by atoms with Crippen molar-refractivity contribution < 1.29 is 34.8 Å². The van der Waals surface area contributed by atoms with Crippen molar-refractivity contribution in [2.45, 2.75) is 24.5 Å². The molecule has 0 fully saturated rings. The molecule has 9 nitrogen and oxygen atoms in total. The second-order valence-electron chi connectivity index (χ2n) is 5.89. The van der Waals surface area contributed by atoms with Gasteiger partial charge < -0.3 is 31.9 Å². The first-order valence-electron chi connectivity index (χ1n) is 7.93. The van der Waals surface area contributed by atoms with Crippen LogP contribution in [0.3, 0.4) is 0 Å². The van der Waals surface area contributed by atoms with Crippen LogP contribution in [0.15, 0.2) is 42.5 Å². The zero-order chi connectivity index (χ0) is 20.6. The number of carboxylic acids is 3. The van der Waals surface area contributed by atoms with Crippen molar-refractivity contribution in [2.24, 2.45) is 11.5 Å². The van der Waals surface area contributed by atoms with E-state index in [1.807, 2.05) is 24.3 Å². The maximum Gasteiger partial charge on any atom is 0.336 e. The summed E-state index contributed by atoms with van der Waals surface area (Å²) in [7, 11) is 0. The van der Waals surface area contributed by atoms with Gasteiger partial charge >= 0.3 is 17.9 Å². The minimum Gasteiger partial charge on any atom is -0.481 e. The summed E-state index contributed by atoms with van der Waals surface area (Å²) in [5, 5.41) is 36.2. The minimum absolute atomic E-state index is 0.0684. The van der Waals surface area contributed by atoms with Gasteiger partial charge in [0, 0.05) is 12.6 Å². The van der Waals surface area contributed by atoms with E-state index < -0.39 is 36.4 Å². The first-order chi connectivity index (χ1) is 12.6. The maximum absolute atomic E-state index is 10.3. The molecule has 2 aromatic carbocycles. The van der Waals surface area contributed by atoms with Crippen LogP contribution in [-0.4, -0.2) is 50.5 Å². The van der Waals surface area contributed by atoms with E-state index in [1.54, 1.807) is 0 Å². The second kappa shape index (κ2) is 9.62. The summed E-state index contributed by atoms with van der Waals surface area (Å²) in [6, 6.07) is 14.3. The van der Waals surface area contributed by atoms with Crippen molar-refractivity contribution in [3.63, 3.8) is 0 Å². The monoisotopic (exact) mass is 378 g/mol. The predicted molar refractivity (Wildman–Crippen MR) is 97.0 cm³/mol. The molecule has 8 N–H and O–H groups in total. The van der Waals surface area contributed by atoms with Crippen LogP contribution in [0.25, 0.3) is 10.8 Å². The van der Waals surface area contributed by atoms with E-state index in [2.05, 4.69) is 18.2 Å². The number of fused-ring (bicyclic) bond motifs is 1. The molecule has 1 unspecified atom stereocenters. The Morgan fingerprint density at radius 2 is 1.44 bits per heavy atom. The zero-order valence-electron chi connectivity index (χ0n) is 14.4. The van der Waals surface area contributed by atoms with Crippen molar-refractivity contribution in [1.29, 1.82) is 0 Å². The fourth-order valence-electron chi connectivity index (χ4n) is 2.41. The highest BCUT2D eigenvalue weighted by molar-refractivity contribution is 5.88. The number of nitrogens with two attached hydrogens (primary N) is 2. The van der Waals surface area contributed by atoms with Gasteiger partial charge in [0.2, 0.25) is 0 Å². The molecule has 0 aromatic heterocycles. The summed E-state index contributed by atoms with van der Waals surface area (Å²) >= 11 is 0. The summed E-state index contributed by atoms with van der Waals surface area (Å²) in [6.07, 6.45) is -2.29. The summed E-state index contributed by atoms with van der Waals surface area (Å²) in [5.41, 5.74) is 9.90. The standard InChI is InChI=1S/C12H14N2.C6H8O7/c13-8-12(14)11-7-3-5-9-4-1-2-6-10(9)11;7-3(8)1-6(13,5(11)12)2-4(9)10/h1-7,12H,8,13-14H2;13H,1-2H2,(H,7,8)(H,9,10)(H,11,12). The third kappa shape index (κ3) is 6.33. The molecular formula is C18H22N2O7. The van der Waals surface area contributed by atoms with Crippen LogP contribution >= 0.6 is 0 Å². The molecule has 0 amide bonds. The summed E-state index contributed by atoms with van der Waals surface area (Å²) in [6.45, 7) is 0.480. The number of benzene rings is 2. The lowest BCUT2D eigenvalue weighted by Gasteiger charge is -2.18. The van der Waals surface area contributed by atoms with Gasteiger partial charge in [-0.25, -0.2) is 4.79 Å². The Bertz CT molecular complexity index is 801. The number of aliphatic hydroxyl groups is 1. The molecule has 0 saturated heterocycles. The van der Waals surface area contributed by atoms with E-state index in [1.165, 1.54) is 10.8 Å². The molecule has 0 bridgehead atoms. The smallest absolute Gasteiger partial charge is 0.336 e. The first kappa shape index (κ1) is 22.0. The van der Waals surface area contributed by atoms with Gasteiger partial charge in [-0.2, -0.15) is 0 Å². The number of carboxylic acid groups (broad SMARTS) is 3.